The van der Waals surface area contributed by atoms with E-state index in [1.807, 2.05) is 0 Å². The first-order valence-corrected chi connectivity index (χ1v) is 3.51. The molecule has 0 spiro atoms. The molecule has 1 nitrogen and oxygen atoms in total. The van der Waals surface area contributed by atoms with Gasteiger partial charge >= 0.3 is 0 Å². The molecule has 2 N–H and O–H groups in total. The SMILES string of the molecule is N[C@@H](c1c(F)cccc1F)C(F)F. The van der Waals surface area contributed by atoms with Crippen LogP contribution < -0.4 is 5.73 Å². The van der Waals surface area contributed by atoms with Crippen LogP contribution in [0.25, 0.3) is 0 Å². The summed E-state index contributed by atoms with van der Waals surface area (Å²) in [6.45, 7) is 0. The molecule has 0 saturated carbocycles. The smallest absolute Gasteiger partial charge is 0.257 e. The Labute approximate surface area is 72.2 Å². The van der Waals surface area contributed by atoms with Gasteiger partial charge in [0.1, 0.15) is 11.6 Å². The minimum Gasteiger partial charge on any atom is -0.319 e. The van der Waals surface area contributed by atoms with Crippen molar-refractivity contribution < 1.29 is 17.6 Å². The van der Waals surface area contributed by atoms with Crippen LogP contribution in [0.5, 0.6) is 0 Å². The summed E-state index contributed by atoms with van der Waals surface area (Å²) in [7, 11) is 0. The van der Waals surface area contributed by atoms with Crippen LogP contribution in [0, 0.1) is 11.6 Å². The Kier molecular flexibility index (Phi) is 2.87. The van der Waals surface area contributed by atoms with E-state index >= 15 is 0 Å². The molecule has 0 radical (unpaired) electrons. The van der Waals surface area contributed by atoms with E-state index in [4.69, 9.17) is 5.73 Å². The van der Waals surface area contributed by atoms with Gasteiger partial charge in [0.15, 0.2) is 0 Å². The van der Waals surface area contributed by atoms with Crippen LogP contribution in [-0.2, 0) is 0 Å². The van der Waals surface area contributed by atoms with Gasteiger partial charge in [0.25, 0.3) is 6.43 Å². The highest BCUT2D eigenvalue weighted by Crippen LogP contribution is 2.23. The van der Waals surface area contributed by atoms with Crippen LogP contribution in [0.3, 0.4) is 0 Å². The summed E-state index contributed by atoms with van der Waals surface area (Å²) in [6, 6.07) is 0.953. The van der Waals surface area contributed by atoms with Gasteiger partial charge < -0.3 is 5.73 Å². The van der Waals surface area contributed by atoms with E-state index in [-0.39, 0.29) is 0 Å². The third kappa shape index (κ3) is 1.98. The summed E-state index contributed by atoms with van der Waals surface area (Å²) < 4.78 is 49.6. The largest absolute Gasteiger partial charge is 0.319 e. The van der Waals surface area contributed by atoms with Gasteiger partial charge in [-0.15, -0.1) is 0 Å². The summed E-state index contributed by atoms with van der Waals surface area (Å²) >= 11 is 0. The number of hydrogen-bond donors (Lipinski definition) is 1. The molecule has 1 rings (SSSR count). The van der Waals surface area contributed by atoms with E-state index in [0.717, 1.165) is 18.2 Å². The minimum atomic E-state index is -2.98. The first-order valence-electron chi connectivity index (χ1n) is 3.51. The van der Waals surface area contributed by atoms with Gasteiger partial charge in [0.05, 0.1) is 6.04 Å². The summed E-state index contributed by atoms with van der Waals surface area (Å²) in [5, 5.41) is 0. The first kappa shape index (κ1) is 9.98. The molecule has 0 bridgehead atoms. The average molecular weight is 193 g/mol. The number of nitrogens with two attached hydrogens (primary N) is 1. The number of benzene rings is 1. The van der Waals surface area contributed by atoms with Gasteiger partial charge in [-0.1, -0.05) is 6.07 Å². The van der Waals surface area contributed by atoms with Crippen LogP contribution in [-0.4, -0.2) is 6.43 Å². The molecule has 72 valence electrons. The van der Waals surface area contributed by atoms with E-state index in [0.29, 0.717) is 0 Å². The molecule has 1 aromatic rings. The van der Waals surface area contributed by atoms with Crippen LogP contribution in [0.4, 0.5) is 17.6 Å². The number of alkyl halides is 2. The predicted molar refractivity (Wildman–Crippen MR) is 39.3 cm³/mol. The monoisotopic (exact) mass is 193 g/mol. The zero-order valence-corrected chi connectivity index (χ0v) is 6.48. The predicted octanol–water partition coefficient (Wildman–Crippen LogP) is 2.23. The van der Waals surface area contributed by atoms with Crippen LogP contribution in [0.15, 0.2) is 18.2 Å². The van der Waals surface area contributed by atoms with Crippen molar-refractivity contribution in [3.05, 3.63) is 35.4 Å². The summed E-state index contributed by atoms with van der Waals surface area (Å²) in [5.74, 6) is -2.10. The van der Waals surface area contributed by atoms with Crippen molar-refractivity contribution >= 4 is 0 Å². The summed E-state index contributed by atoms with van der Waals surface area (Å²) in [5.41, 5.74) is 4.14. The third-order valence-electron chi connectivity index (χ3n) is 1.60. The fourth-order valence-corrected chi connectivity index (χ4v) is 0.955. The van der Waals surface area contributed by atoms with Crippen LogP contribution in [0.2, 0.25) is 0 Å². The lowest BCUT2D eigenvalue weighted by molar-refractivity contribution is 0.113. The van der Waals surface area contributed by atoms with E-state index in [2.05, 4.69) is 0 Å². The summed E-state index contributed by atoms with van der Waals surface area (Å²) in [4.78, 5) is 0. The van der Waals surface area contributed by atoms with Crippen LogP contribution in [0.1, 0.15) is 11.6 Å². The Morgan fingerprint density at radius 3 is 1.92 bits per heavy atom. The molecule has 0 saturated heterocycles. The van der Waals surface area contributed by atoms with Gasteiger partial charge in [-0.05, 0) is 12.1 Å². The number of rotatable bonds is 2. The van der Waals surface area contributed by atoms with E-state index in [1.54, 1.807) is 0 Å². The topological polar surface area (TPSA) is 26.0 Å². The third-order valence-corrected chi connectivity index (χ3v) is 1.60. The molecule has 0 heterocycles. The van der Waals surface area contributed by atoms with Crippen molar-refractivity contribution in [3.63, 3.8) is 0 Å². The standard InChI is InChI=1S/C8H7F4N/c9-4-2-1-3-5(10)6(4)7(13)8(11)12/h1-3,7-8H,13H2/t7-/m0/s1. The van der Waals surface area contributed by atoms with E-state index in [1.165, 1.54) is 0 Å². The molecular weight excluding hydrogens is 186 g/mol. The molecule has 1 aromatic carbocycles. The maximum Gasteiger partial charge on any atom is 0.257 e. The maximum absolute atomic E-state index is 12.8. The zero-order chi connectivity index (χ0) is 10.0. The Hall–Kier alpha value is -1.10. The highest BCUT2D eigenvalue weighted by molar-refractivity contribution is 5.23. The molecule has 0 fully saturated rings. The summed E-state index contributed by atoms with van der Waals surface area (Å²) in [6.07, 6.45) is -2.98. The molecule has 0 aliphatic heterocycles. The maximum atomic E-state index is 12.8. The Bertz CT molecular complexity index is 280. The van der Waals surface area contributed by atoms with E-state index in [9.17, 15) is 17.6 Å². The minimum absolute atomic E-state index is 0.766. The second-order valence-electron chi connectivity index (χ2n) is 2.50. The molecule has 13 heavy (non-hydrogen) atoms. The lowest BCUT2D eigenvalue weighted by Gasteiger charge is -2.12. The van der Waals surface area contributed by atoms with Crippen molar-refractivity contribution in [2.75, 3.05) is 0 Å². The molecule has 1 atom stereocenters. The Morgan fingerprint density at radius 1 is 1.08 bits per heavy atom. The first-order chi connectivity index (χ1) is 6.04. The number of halogens is 4. The molecule has 5 heteroatoms. The molecular formula is C8H7F4N. The fourth-order valence-electron chi connectivity index (χ4n) is 0.955. The van der Waals surface area contributed by atoms with Crippen molar-refractivity contribution in [2.24, 2.45) is 5.73 Å². The van der Waals surface area contributed by atoms with Gasteiger partial charge in [-0.2, -0.15) is 0 Å². The lowest BCUT2D eigenvalue weighted by atomic mass is 10.1. The molecule has 0 aliphatic carbocycles. The average Bonchev–Trinajstić information content (AvgIpc) is 2.03. The van der Waals surface area contributed by atoms with Crippen LogP contribution >= 0.6 is 0 Å². The van der Waals surface area contributed by atoms with Crippen molar-refractivity contribution in [3.8, 4) is 0 Å². The van der Waals surface area contributed by atoms with Gasteiger partial charge in [-0.3, -0.25) is 0 Å². The Balaban J connectivity index is 3.12. The van der Waals surface area contributed by atoms with Gasteiger partial charge in [-0.25, -0.2) is 17.6 Å². The second kappa shape index (κ2) is 3.74. The number of hydrogen-bond acceptors (Lipinski definition) is 1. The van der Waals surface area contributed by atoms with Gasteiger partial charge in [0.2, 0.25) is 0 Å². The van der Waals surface area contributed by atoms with Gasteiger partial charge in [0, 0.05) is 5.56 Å². The lowest BCUT2D eigenvalue weighted by Crippen LogP contribution is -2.21. The van der Waals surface area contributed by atoms with Crippen molar-refractivity contribution in [1.29, 1.82) is 0 Å². The highest BCUT2D eigenvalue weighted by atomic mass is 19.3. The second-order valence-corrected chi connectivity index (χ2v) is 2.50. The Morgan fingerprint density at radius 2 is 1.54 bits per heavy atom. The molecule has 0 amide bonds. The molecule has 0 aromatic heterocycles. The highest BCUT2D eigenvalue weighted by Gasteiger charge is 2.24. The van der Waals surface area contributed by atoms with Crippen molar-refractivity contribution in [2.45, 2.75) is 12.5 Å². The zero-order valence-electron chi connectivity index (χ0n) is 6.48. The molecule has 0 aliphatic rings. The van der Waals surface area contributed by atoms with Crippen molar-refractivity contribution in [1.82, 2.24) is 0 Å². The fraction of sp³-hybridized carbons (Fsp3) is 0.250. The molecule has 0 unspecified atom stereocenters. The quantitative estimate of drug-likeness (QED) is 0.716. The van der Waals surface area contributed by atoms with E-state index < -0.39 is 29.7 Å². The normalized spacial score (nSPS) is 13.4.